The minimum atomic E-state index is -0.711. The van der Waals surface area contributed by atoms with Gasteiger partial charge in [0.15, 0.2) is 11.9 Å². The molecule has 0 unspecified atom stereocenters. The Hall–Kier alpha value is -2.82. The number of unbranched alkanes of at least 4 members (excludes halogenated alkanes) is 2. The van der Waals surface area contributed by atoms with Gasteiger partial charge in [0.1, 0.15) is 18.9 Å². The molecule has 1 N–H and O–H groups in total. The highest BCUT2D eigenvalue weighted by molar-refractivity contribution is 5.86. The van der Waals surface area contributed by atoms with Crippen LogP contribution in [0.25, 0.3) is 11.6 Å². The molecule has 1 aromatic heterocycles. The van der Waals surface area contributed by atoms with Crippen LogP contribution in [0.3, 0.4) is 0 Å². The number of benzene rings is 1. The van der Waals surface area contributed by atoms with E-state index in [4.69, 9.17) is 9.84 Å². The Morgan fingerprint density at radius 2 is 1.93 bits per heavy atom. The molecule has 0 spiro atoms. The van der Waals surface area contributed by atoms with E-state index in [1.165, 1.54) is 22.5 Å². The highest BCUT2D eigenvalue weighted by atomic mass is 16.5. The van der Waals surface area contributed by atoms with Crippen molar-refractivity contribution in [1.82, 2.24) is 0 Å². The number of ether oxygens (including phenoxy) is 1. The molecule has 1 aliphatic rings. The first kappa shape index (κ1) is 21.9. The number of carbonyl (C=O) groups is 1. The standard InChI is InChI=1S/C25H32N2O3/c1-4-26(5-2)23-11-10-21-16-22(18-30-24(21)17-23)20-12-14-27(19(3)15-20)13-8-6-7-9-25(28)29/h10-12,14-17H,4-9,13,18H2,1-3H3/p+1. The van der Waals surface area contributed by atoms with Gasteiger partial charge in [-0.3, -0.25) is 4.79 Å². The van der Waals surface area contributed by atoms with Crippen molar-refractivity contribution in [1.29, 1.82) is 0 Å². The number of aromatic nitrogens is 1. The number of carboxylic acid groups (broad SMARTS) is 1. The van der Waals surface area contributed by atoms with Gasteiger partial charge < -0.3 is 14.7 Å². The zero-order chi connectivity index (χ0) is 21.5. The van der Waals surface area contributed by atoms with Crippen LogP contribution in [-0.4, -0.2) is 30.8 Å². The lowest BCUT2D eigenvalue weighted by Gasteiger charge is -2.24. The molecule has 0 saturated carbocycles. The zero-order valence-corrected chi connectivity index (χ0v) is 18.4. The summed E-state index contributed by atoms with van der Waals surface area (Å²) in [5.74, 6) is 0.240. The van der Waals surface area contributed by atoms with E-state index in [1.807, 2.05) is 0 Å². The molecule has 2 heterocycles. The van der Waals surface area contributed by atoms with Crippen molar-refractivity contribution in [2.45, 2.75) is 53.0 Å². The van der Waals surface area contributed by atoms with Crippen LogP contribution in [0.4, 0.5) is 5.69 Å². The molecule has 1 aliphatic heterocycles. The fourth-order valence-corrected chi connectivity index (χ4v) is 3.93. The van der Waals surface area contributed by atoms with Gasteiger partial charge >= 0.3 is 5.97 Å². The van der Waals surface area contributed by atoms with Crippen LogP contribution >= 0.6 is 0 Å². The summed E-state index contributed by atoms with van der Waals surface area (Å²) in [6.07, 6.45) is 7.29. The van der Waals surface area contributed by atoms with E-state index in [0.29, 0.717) is 6.61 Å². The number of hydrogen-bond acceptors (Lipinski definition) is 3. The normalized spacial score (nSPS) is 12.7. The van der Waals surface area contributed by atoms with E-state index >= 15 is 0 Å². The Labute approximate surface area is 179 Å². The minimum Gasteiger partial charge on any atom is -0.488 e. The molecular formula is C25H33N2O3+. The summed E-state index contributed by atoms with van der Waals surface area (Å²) in [5.41, 5.74) is 5.91. The van der Waals surface area contributed by atoms with Gasteiger partial charge in [-0.15, -0.1) is 0 Å². The van der Waals surface area contributed by atoms with Crippen LogP contribution in [0.2, 0.25) is 0 Å². The van der Waals surface area contributed by atoms with Crippen molar-refractivity contribution < 1.29 is 19.2 Å². The molecule has 5 heteroatoms. The largest absolute Gasteiger partial charge is 0.488 e. The Morgan fingerprint density at radius 3 is 2.63 bits per heavy atom. The lowest BCUT2D eigenvalue weighted by atomic mass is 10.0. The highest BCUT2D eigenvalue weighted by Crippen LogP contribution is 2.33. The molecule has 0 atom stereocenters. The first-order chi connectivity index (χ1) is 14.5. The third-order valence-electron chi connectivity index (χ3n) is 5.75. The zero-order valence-electron chi connectivity index (χ0n) is 18.4. The molecule has 0 aliphatic carbocycles. The second kappa shape index (κ2) is 10.3. The maximum atomic E-state index is 10.6. The molecule has 5 nitrogen and oxygen atoms in total. The van der Waals surface area contributed by atoms with Gasteiger partial charge in [0, 0.05) is 62.3 Å². The number of nitrogens with zero attached hydrogens (tertiary/aromatic N) is 2. The van der Waals surface area contributed by atoms with Gasteiger partial charge in [0.05, 0.1) is 0 Å². The maximum Gasteiger partial charge on any atom is 0.303 e. The third kappa shape index (κ3) is 5.41. The van der Waals surface area contributed by atoms with E-state index in [0.717, 1.165) is 50.2 Å². The van der Waals surface area contributed by atoms with Gasteiger partial charge in [0.2, 0.25) is 0 Å². The Bertz CT molecular complexity index is 917. The first-order valence-electron chi connectivity index (χ1n) is 11.0. The molecule has 30 heavy (non-hydrogen) atoms. The topological polar surface area (TPSA) is 53.7 Å². The summed E-state index contributed by atoms with van der Waals surface area (Å²) in [6, 6.07) is 10.8. The quantitative estimate of drug-likeness (QED) is 0.456. The third-order valence-corrected chi connectivity index (χ3v) is 5.75. The summed E-state index contributed by atoms with van der Waals surface area (Å²) >= 11 is 0. The monoisotopic (exact) mass is 409 g/mol. The van der Waals surface area contributed by atoms with Crippen molar-refractivity contribution in [3.05, 3.63) is 53.3 Å². The molecular weight excluding hydrogens is 376 g/mol. The predicted molar refractivity (Wildman–Crippen MR) is 121 cm³/mol. The van der Waals surface area contributed by atoms with E-state index in [1.54, 1.807) is 0 Å². The van der Waals surface area contributed by atoms with Crippen LogP contribution in [0.15, 0.2) is 36.5 Å². The number of hydrogen-bond donors (Lipinski definition) is 1. The summed E-state index contributed by atoms with van der Waals surface area (Å²) in [7, 11) is 0. The molecule has 160 valence electrons. The van der Waals surface area contributed by atoms with E-state index in [2.05, 4.69) is 72.8 Å². The van der Waals surface area contributed by atoms with Crippen molar-refractivity contribution in [2.75, 3.05) is 24.6 Å². The summed E-state index contributed by atoms with van der Waals surface area (Å²) in [5, 5.41) is 8.73. The van der Waals surface area contributed by atoms with E-state index in [-0.39, 0.29) is 6.42 Å². The lowest BCUT2D eigenvalue weighted by Crippen LogP contribution is -2.36. The molecule has 0 bridgehead atoms. The van der Waals surface area contributed by atoms with Crippen LogP contribution in [0, 0.1) is 6.92 Å². The van der Waals surface area contributed by atoms with Crippen LogP contribution in [-0.2, 0) is 11.3 Å². The van der Waals surface area contributed by atoms with Crippen LogP contribution < -0.4 is 14.2 Å². The second-order valence-corrected chi connectivity index (χ2v) is 7.81. The molecule has 2 aromatic rings. The van der Waals surface area contributed by atoms with E-state index in [9.17, 15) is 4.79 Å². The van der Waals surface area contributed by atoms with Crippen molar-refractivity contribution in [2.24, 2.45) is 0 Å². The molecule has 0 saturated heterocycles. The number of carboxylic acids is 1. The maximum absolute atomic E-state index is 10.6. The second-order valence-electron chi connectivity index (χ2n) is 7.81. The fourth-order valence-electron chi connectivity index (χ4n) is 3.93. The number of pyridine rings is 1. The number of aliphatic carboxylic acids is 1. The lowest BCUT2D eigenvalue weighted by molar-refractivity contribution is -0.703. The summed E-state index contributed by atoms with van der Waals surface area (Å²) in [6.45, 7) is 9.92. The van der Waals surface area contributed by atoms with Crippen molar-refractivity contribution in [3.8, 4) is 5.75 Å². The Kier molecular flexibility index (Phi) is 7.50. The van der Waals surface area contributed by atoms with Gasteiger partial charge in [-0.1, -0.05) is 0 Å². The Morgan fingerprint density at radius 1 is 1.13 bits per heavy atom. The number of fused-ring (bicyclic) bond motifs is 1. The predicted octanol–water partition coefficient (Wildman–Crippen LogP) is 4.71. The minimum absolute atomic E-state index is 0.259. The fraction of sp³-hybridized carbons (Fsp3) is 0.440. The van der Waals surface area contributed by atoms with Gasteiger partial charge in [-0.2, -0.15) is 0 Å². The average molecular weight is 410 g/mol. The summed E-state index contributed by atoms with van der Waals surface area (Å²) < 4.78 is 8.34. The first-order valence-corrected chi connectivity index (χ1v) is 11.0. The van der Waals surface area contributed by atoms with Crippen molar-refractivity contribution in [3.63, 3.8) is 0 Å². The Balaban J connectivity index is 1.68. The summed E-state index contributed by atoms with van der Waals surface area (Å²) in [4.78, 5) is 12.9. The molecule has 0 radical (unpaired) electrons. The van der Waals surface area contributed by atoms with Gasteiger partial charge in [-0.25, -0.2) is 4.57 Å². The van der Waals surface area contributed by atoms with Gasteiger partial charge in [-0.05, 0) is 56.0 Å². The molecule has 1 aromatic carbocycles. The average Bonchev–Trinajstić information content (AvgIpc) is 2.74. The number of aryl methyl sites for hydroxylation is 2. The van der Waals surface area contributed by atoms with E-state index < -0.39 is 5.97 Å². The number of rotatable bonds is 10. The van der Waals surface area contributed by atoms with Crippen LogP contribution in [0.5, 0.6) is 5.75 Å². The SMILES string of the molecule is CCN(CC)c1ccc2c(c1)OCC(c1cc[n+](CCCCCC(=O)O)c(C)c1)=C2. The molecule has 0 fully saturated rings. The van der Waals surface area contributed by atoms with Crippen molar-refractivity contribution >= 4 is 23.3 Å². The highest BCUT2D eigenvalue weighted by Gasteiger charge is 2.17. The van der Waals surface area contributed by atoms with Crippen LogP contribution in [0.1, 0.15) is 56.4 Å². The molecule has 0 amide bonds. The number of anilines is 1. The molecule has 3 rings (SSSR count). The van der Waals surface area contributed by atoms with Gasteiger partial charge in [0.25, 0.3) is 0 Å². The smallest absolute Gasteiger partial charge is 0.303 e.